The summed E-state index contributed by atoms with van der Waals surface area (Å²) in [5.74, 6) is 1.34. The fraction of sp³-hybridized carbons (Fsp3) is 0.400. The Kier molecular flexibility index (Phi) is 4.69. The Bertz CT molecular complexity index is 655. The number of nitrogens with zero attached hydrogens (tertiary/aromatic N) is 2. The van der Waals surface area contributed by atoms with E-state index in [4.69, 9.17) is 16.0 Å². The zero-order valence-corrected chi connectivity index (χ0v) is 13.7. The van der Waals surface area contributed by atoms with Crippen LogP contribution in [0.15, 0.2) is 33.9 Å². The molecular weight excluding hydrogens is 322 g/mol. The van der Waals surface area contributed by atoms with E-state index in [2.05, 4.69) is 15.5 Å². The Hall–Kier alpha value is -1.53. The lowest BCUT2D eigenvalue weighted by Crippen LogP contribution is -2.35. The lowest BCUT2D eigenvalue weighted by atomic mass is 10.2. The van der Waals surface area contributed by atoms with Crippen molar-refractivity contribution in [3.05, 3.63) is 29.3 Å². The van der Waals surface area contributed by atoms with Crippen LogP contribution in [0.1, 0.15) is 19.8 Å². The van der Waals surface area contributed by atoms with E-state index in [1.165, 1.54) is 24.6 Å². The molecule has 1 amide bonds. The predicted molar refractivity (Wildman–Crippen MR) is 85.8 cm³/mol. The first-order valence-corrected chi connectivity index (χ1v) is 8.50. The maximum absolute atomic E-state index is 11.8. The zero-order chi connectivity index (χ0) is 15.5. The summed E-state index contributed by atoms with van der Waals surface area (Å²) in [4.78, 5) is 11.8. The van der Waals surface area contributed by atoms with Gasteiger partial charge in [0.1, 0.15) is 0 Å². The minimum atomic E-state index is -0.00403. The third kappa shape index (κ3) is 4.01. The molecule has 22 heavy (non-hydrogen) atoms. The van der Waals surface area contributed by atoms with E-state index in [1.807, 2.05) is 19.1 Å². The van der Waals surface area contributed by atoms with Crippen LogP contribution in [0, 0.1) is 5.92 Å². The van der Waals surface area contributed by atoms with Crippen LogP contribution in [0.5, 0.6) is 0 Å². The molecule has 116 valence electrons. The maximum Gasteiger partial charge on any atom is 0.277 e. The number of rotatable bonds is 6. The van der Waals surface area contributed by atoms with Gasteiger partial charge in [-0.05, 0) is 49.9 Å². The van der Waals surface area contributed by atoms with Crippen molar-refractivity contribution in [3.63, 3.8) is 0 Å². The number of carbonyl (C=O) groups excluding carboxylic acids is 1. The van der Waals surface area contributed by atoms with E-state index in [0.29, 0.717) is 22.1 Å². The molecule has 0 spiro atoms. The van der Waals surface area contributed by atoms with Crippen LogP contribution in [-0.4, -0.2) is 27.9 Å². The molecule has 1 aromatic heterocycles. The number of carbonyl (C=O) groups is 1. The number of hydrogen-bond donors (Lipinski definition) is 1. The minimum Gasteiger partial charge on any atom is -0.411 e. The molecule has 5 nitrogen and oxygen atoms in total. The number of hydrogen-bond acceptors (Lipinski definition) is 5. The van der Waals surface area contributed by atoms with Crippen LogP contribution in [0.4, 0.5) is 0 Å². The van der Waals surface area contributed by atoms with Gasteiger partial charge >= 0.3 is 0 Å². The Balaban J connectivity index is 1.53. The summed E-state index contributed by atoms with van der Waals surface area (Å²) in [5, 5.41) is 12.0. The van der Waals surface area contributed by atoms with Gasteiger partial charge in [-0.25, -0.2) is 0 Å². The number of aromatic nitrogens is 2. The van der Waals surface area contributed by atoms with Gasteiger partial charge in [-0.3, -0.25) is 4.79 Å². The molecule has 0 aliphatic heterocycles. The highest BCUT2D eigenvalue weighted by Crippen LogP contribution is 2.32. The molecule has 1 aliphatic rings. The third-order valence-electron chi connectivity index (χ3n) is 3.54. The quantitative estimate of drug-likeness (QED) is 0.818. The summed E-state index contributed by atoms with van der Waals surface area (Å²) in [6.07, 6.45) is 2.42. The molecular formula is C15H16ClN3O2S. The smallest absolute Gasteiger partial charge is 0.277 e. The van der Waals surface area contributed by atoms with Gasteiger partial charge < -0.3 is 9.73 Å². The fourth-order valence-corrected chi connectivity index (χ4v) is 2.81. The zero-order valence-electron chi connectivity index (χ0n) is 12.1. The summed E-state index contributed by atoms with van der Waals surface area (Å²) in [6.45, 7) is 2.05. The summed E-state index contributed by atoms with van der Waals surface area (Å²) < 4.78 is 5.54. The van der Waals surface area contributed by atoms with Crippen LogP contribution in [0.2, 0.25) is 5.02 Å². The molecule has 1 aromatic carbocycles. The van der Waals surface area contributed by atoms with Crippen molar-refractivity contribution in [1.29, 1.82) is 0 Å². The van der Waals surface area contributed by atoms with Gasteiger partial charge in [0.25, 0.3) is 5.22 Å². The standard InChI is InChI=1S/C15H16ClN3O2S/c1-9(10-2-3-10)17-13(20)8-22-15-19-18-14(21-15)11-4-6-12(16)7-5-11/h4-7,9-10H,2-3,8H2,1H3,(H,17,20)/t9-/m0/s1. The second-order valence-electron chi connectivity index (χ2n) is 5.36. The molecule has 0 radical (unpaired) electrons. The van der Waals surface area contributed by atoms with Crippen LogP contribution >= 0.6 is 23.4 Å². The number of nitrogens with one attached hydrogen (secondary N) is 1. The molecule has 0 saturated heterocycles. The summed E-state index contributed by atoms with van der Waals surface area (Å²) in [5.41, 5.74) is 0.801. The summed E-state index contributed by atoms with van der Waals surface area (Å²) in [6, 6.07) is 7.41. The molecule has 7 heteroatoms. The number of thioether (sulfide) groups is 1. The van der Waals surface area contributed by atoms with E-state index in [0.717, 1.165) is 5.56 Å². The second-order valence-corrected chi connectivity index (χ2v) is 6.73. The molecule has 1 atom stereocenters. The monoisotopic (exact) mass is 337 g/mol. The van der Waals surface area contributed by atoms with Gasteiger partial charge in [-0.15, -0.1) is 10.2 Å². The van der Waals surface area contributed by atoms with Gasteiger partial charge in [0, 0.05) is 16.6 Å². The Labute approximate surface area is 137 Å². The molecule has 0 unspecified atom stereocenters. The van der Waals surface area contributed by atoms with Gasteiger partial charge in [0.15, 0.2) is 0 Å². The van der Waals surface area contributed by atoms with Crippen LogP contribution in [0.25, 0.3) is 11.5 Å². The van der Waals surface area contributed by atoms with E-state index >= 15 is 0 Å². The van der Waals surface area contributed by atoms with Gasteiger partial charge in [0.2, 0.25) is 11.8 Å². The normalized spacial score (nSPS) is 15.5. The summed E-state index contributed by atoms with van der Waals surface area (Å²) >= 11 is 7.08. The molecule has 2 aromatic rings. The Morgan fingerprint density at radius 1 is 1.41 bits per heavy atom. The Morgan fingerprint density at radius 3 is 2.82 bits per heavy atom. The first-order valence-electron chi connectivity index (χ1n) is 7.13. The van der Waals surface area contributed by atoms with Gasteiger partial charge in [0.05, 0.1) is 5.75 Å². The van der Waals surface area contributed by atoms with Crippen molar-refractivity contribution in [2.45, 2.75) is 31.0 Å². The van der Waals surface area contributed by atoms with Crippen LogP contribution < -0.4 is 5.32 Å². The predicted octanol–water partition coefficient (Wildman–Crippen LogP) is 3.40. The van der Waals surface area contributed by atoms with Crippen molar-refractivity contribution in [3.8, 4) is 11.5 Å². The molecule has 1 N–H and O–H groups in total. The first kappa shape index (κ1) is 15.4. The van der Waals surface area contributed by atoms with E-state index in [1.54, 1.807) is 12.1 Å². The average Bonchev–Trinajstić information content (AvgIpc) is 3.25. The highest BCUT2D eigenvalue weighted by Gasteiger charge is 2.28. The van der Waals surface area contributed by atoms with Gasteiger partial charge in [-0.2, -0.15) is 0 Å². The minimum absolute atomic E-state index is 0.00403. The molecule has 1 saturated carbocycles. The van der Waals surface area contributed by atoms with Crippen LogP contribution in [-0.2, 0) is 4.79 Å². The average molecular weight is 338 g/mol. The second kappa shape index (κ2) is 6.71. The molecule has 3 rings (SSSR count). The number of halogens is 1. The topological polar surface area (TPSA) is 68.0 Å². The fourth-order valence-electron chi connectivity index (χ4n) is 2.11. The third-order valence-corrected chi connectivity index (χ3v) is 4.61. The molecule has 0 bridgehead atoms. The van der Waals surface area contributed by atoms with E-state index in [-0.39, 0.29) is 17.7 Å². The number of benzene rings is 1. The lowest BCUT2D eigenvalue weighted by Gasteiger charge is -2.11. The van der Waals surface area contributed by atoms with E-state index < -0.39 is 0 Å². The maximum atomic E-state index is 11.8. The Morgan fingerprint density at radius 2 is 2.14 bits per heavy atom. The van der Waals surface area contributed by atoms with Crippen molar-refractivity contribution in [1.82, 2.24) is 15.5 Å². The first-order chi connectivity index (χ1) is 10.6. The molecule has 1 heterocycles. The van der Waals surface area contributed by atoms with Gasteiger partial charge in [-0.1, -0.05) is 23.4 Å². The van der Waals surface area contributed by atoms with E-state index in [9.17, 15) is 4.79 Å². The van der Waals surface area contributed by atoms with Crippen molar-refractivity contribution in [2.24, 2.45) is 5.92 Å². The van der Waals surface area contributed by atoms with Crippen LogP contribution in [0.3, 0.4) is 0 Å². The van der Waals surface area contributed by atoms with Crippen molar-refractivity contribution >= 4 is 29.3 Å². The van der Waals surface area contributed by atoms with Crippen molar-refractivity contribution in [2.75, 3.05) is 5.75 Å². The highest BCUT2D eigenvalue weighted by molar-refractivity contribution is 7.99. The largest absolute Gasteiger partial charge is 0.411 e. The molecule has 1 aliphatic carbocycles. The summed E-state index contributed by atoms with van der Waals surface area (Å²) in [7, 11) is 0. The highest BCUT2D eigenvalue weighted by atomic mass is 35.5. The molecule has 1 fully saturated rings. The SMILES string of the molecule is C[C@H](NC(=O)CSc1nnc(-c2ccc(Cl)cc2)o1)C1CC1. The lowest BCUT2D eigenvalue weighted by molar-refractivity contribution is -0.119. The number of amides is 1. The van der Waals surface area contributed by atoms with Crippen molar-refractivity contribution < 1.29 is 9.21 Å².